The van der Waals surface area contributed by atoms with Crippen molar-refractivity contribution in [3.8, 4) is 5.75 Å². The van der Waals surface area contributed by atoms with Gasteiger partial charge in [-0.1, -0.05) is 25.3 Å². The molecule has 3 rings (SSSR count). The minimum absolute atomic E-state index is 0.177. The summed E-state index contributed by atoms with van der Waals surface area (Å²) < 4.78 is 5.24. The van der Waals surface area contributed by atoms with Gasteiger partial charge in [0, 0.05) is 6.42 Å². The molecule has 1 aliphatic heterocycles. The molecule has 1 heterocycles. The van der Waals surface area contributed by atoms with Crippen LogP contribution in [0.2, 0.25) is 0 Å². The number of anilines is 1. The Morgan fingerprint density at radius 2 is 1.96 bits per heavy atom. The first-order valence-electron chi connectivity index (χ1n) is 8.74. The molecule has 0 atom stereocenters. The van der Waals surface area contributed by atoms with Gasteiger partial charge < -0.3 is 10.1 Å². The molecule has 2 fully saturated rings. The van der Waals surface area contributed by atoms with Gasteiger partial charge in [0.15, 0.2) is 0 Å². The summed E-state index contributed by atoms with van der Waals surface area (Å²) in [7, 11) is 1.53. The molecule has 0 unspecified atom stereocenters. The average Bonchev–Trinajstić information content (AvgIpc) is 2.80. The molecule has 0 aromatic heterocycles. The van der Waals surface area contributed by atoms with E-state index in [1.165, 1.54) is 7.11 Å². The Morgan fingerprint density at radius 1 is 1.24 bits per heavy atom. The van der Waals surface area contributed by atoms with Crippen molar-refractivity contribution in [1.29, 1.82) is 0 Å². The molecule has 1 saturated heterocycles. The van der Waals surface area contributed by atoms with Crippen LogP contribution in [0.3, 0.4) is 0 Å². The minimum Gasteiger partial charge on any atom is -0.495 e. The van der Waals surface area contributed by atoms with Gasteiger partial charge in [-0.25, -0.2) is 0 Å². The van der Waals surface area contributed by atoms with Crippen LogP contribution in [-0.2, 0) is 14.4 Å². The van der Waals surface area contributed by atoms with Crippen LogP contribution in [0.5, 0.6) is 5.75 Å². The quantitative estimate of drug-likeness (QED) is 0.852. The van der Waals surface area contributed by atoms with E-state index in [9.17, 15) is 14.4 Å². The van der Waals surface area contributed by atoms with Crippen molar-refractivity contribution in [2.75, 3.05) is 19.0 Å². The van der Waals surface area contributed by atoms with E-state index in [0.717, 1.165) is 42.6 Å². The number of carbonyl (C=O) groups is 3. The highest BCUT2D eigenvalue weighted by atomic mass is 16.5. The molecule has 1 spiro atoms. The first-order valence-corrected chi connectivity index (χ1v) is 8.74. The second kappa shape index (κ2) is 6.86. The number of nitrogens with one attached hydrogen (secondary N) is 1. The fourth-order valence-electron chi connectivity index (χ4n) is 3.89. The smallest absolute Gasteiger partial charge is 0.244 e. The molecular weight excluding hydrogens is 320 g/mol. The first kappa shape index (κ1) is 17.5. The number of carbonyl (C=O) groups excluding carboxylic acids is 3. The summed E-state index contributed by atoms with van der Waals surface area (Å²) in [6.45, 7) is 1.67. The molecule has 25 heavy (non-hydrogen) atoms. The first-order chi connectivity index (χ1) is 11.9. The number of hydrogen-bond acceptors (Lipinski definition) is 4. The Balaban J connectivity index is 1.70. The molecule has 6 heteroatoms. The van der Waals surface area contributed by atoms with E-state index in [4.69, 9.17) is 4.74 Å². The summed E-state index contributed by atoms with van der Waals surface area (Å²) in [5.74, 6) is -0.262. The summed E-state index contributed by atoms with van der Waals surface area (Å²) in [5, 5.41) is 2.75. The van der Waals surface area contributed by atoms with E-state index in [2.05, 4.69) is 5.32 Å². The average molecular weight is 344 g/mol. The molecule has 6 nitrogen and oxygen atoms in total. The number of imide groups is 1. The normalized spacial score (nSPS) is 19.4. The van der Waals surface area contributed by atoms with Crippen molar-refractivity contribution in [3.63, 3.8) is 0 Å². The summed E-state index contributed by atoms with van der Waals surface area (Å²) in [6.07, 6.45) is 4.80. The highest BCUT2D eigenvalue weighted by Gasteiger charge is 2.51. The number of hydrogen-bond donors (Lipinski definition) is 1. The largest absolute Gasteiger partial charge is 0.495 e. The van der Waals surface area contributed by atoms with Crippen LogP contribution < -0.4 is 10.1 Å². The number of ether oxygens (including phenoxy) is 1. The molecule has 2 aliphatic rings. The summed E-state index contributed by atoms with van der Waals surface area (Å²) in [6, 6.07) is 5.45. The molecular formula is C19H24N2O4. The summed E-state index contributed by atoms with van der Waals surface area (Å²) in [5.41, 5.74) is 0.959. The van der Waals surface area contributed by atoms with Crippen LogP contribution in [-0.4, -0.2) is 36.3 Å². The Labute approximate surface area is 147 Å². The molecule has 1 N–H and O–H groups in total. The van der Waals surface area contributed by atoms with Crippen LogP contribution in [0.4, 0.5) is 5.69 Å². The lowest BCUT2D eigenvalue weighted by Crippen LogP contribution is -2.41. The van der Waals surface area contributed by atoms with Crippen molar-refractivity contribution in [3.05, 3.63) is 23.8 Å². The third-order valence-electron chi connectivity index (χ3n) is 5.23. The van der Waals surface area contributed by atoms with Crippen LogP contribution in [0, 0.1) is 12.3 Å². The van der Waals surface area contributed by atoms with Gasteiger partial charge in [0.2, 0.25) is 17.7 Å². The van der Waals surface area contributed by atoms with Crippen LogP contribution in [0.1, 0.15) is 44.1 Å². The van der Waals surface area contributed by atoms with Gasteiger partial charge >= 0.3 is 0 Å². The second-order valence-corrected chi connectivity index (χ2v) is 7.05. The predicted molar refractivity (Wildman–Crippen MR) is 93.2 cm³/mol. The van der Waals surface area contributed by atoms with Crippen molar-refractivity contribution in [1.82, 2.24) is 4.90 Å². The molecule has 3 amide bonds. The van der Waals surface area contributed by atoms with E-state index < -0.39 is 11.3 Å². The lowest BCUT2D eigenvalue weighted by Gasteiger charge is -2.30. The molecule has 0 bridgehead atoms. The topological polar surface area (TPSA) is 75.7 Å². The Kier molecular flexibility index (Phi) is 4.79. The maximum absolute atomic E-state index is 12.8. The van der Waals surface area contributed by atoms with Gasteiger partial charge in [-0.05, 0) is 37.5 Å². The number of benzene rings is 1. The maximum Gasteiger partial charge on any atom is 0.244 e. The number of nitrogens with zero attached hydrogens (tertiary/aromatic N) is 1. The van der Waals surface area contributed by atoms with Gasteiger partial charge in [0.25, 0.3) is 0 Å². The van der Waals surface area contributed by atoms with Crippen molar-refractivity contribution < 1.29 is 19.1 Å². The third-order valence-corrected chi connectivity index (χ3v) is 5.23. The van der Waals surface area contributed by atoms with Crippen molar-refractivity contribution in [2.24, 2.45) is 5.41 Å². The molecule has 1 aromatic carbocycles. The van der Waals surface area contributed by atoms with E-state index in [1.807, 2.05) is 13.0 Å². The zero-order chi connectivity index (χ0) is 18.0. The van der Waals surface area contributed by atoms with Crippen LogP contribution >= 0.6 is 0 Å². The zero-order valence-electron chi connectivity index (χ0n) is 14.8. The van der Waals surface area contributed by atoms with Crippen molar-refractivity contribution >= 4 is 23.4 Å². The fraction of sp³-hybridized carbons (Fsp3) is 0.526. The van der Waals surface area contributed by atoms with E-state index in [-0.39, 0.29) is 24.8 Å². The maximum atomic E-state index is 12.8. The molecule has 1 saturated carbocycles. The van der Waals surface area contributed by atoms with Crippen LogP contribution in [0.15, 0.2) is 18.2 Å². The van der Waals surface area contributed by atoms with Gasteiger partial charge in [0.1, 0.15) is 12.3 Å². The Morgan fingerprint density at radius 3 is 2.64 bits per heavy atom. The predicted octanol–water partition coefficient (Wildman–Crippen LogP) is 2.65. The summed E-state index contributed by atoms with van der Waals surface area (Å²) >= 11 is 0. The third kappa shape index (κ3) is 3.38. The lowest BCUT2D eigenvalue weighted by atomic mass is 9.73. The lowest BCUT2D eigenvalue weighted by molar-refractivity contribution is -0.144. The number of amides is 3. The van der Waals surface area contributed by atoms with E-state index >= 15 is 0 Å². The van der Waals surface area contributed by atoms with Gasteiger partial charge in [-0.15, -0.1) is 0 Å². The van der Waals surface area contributed by atoms with E-state index in [1.54, 1.807) is 12.1 Å². The molecule has 134 valence electrons. The molecule has 1 aliphatic carbocycles. The SMILES string of the molecule is COc1ccc(C)cc1NC(=O)CN1C(=O)CC2(CCCCC2)C1=O. The standard InChI is InChI=1S/C19H24N2O4/c1-13-6-7-15(25-2)14(10-13)20-16(22)12-21-17(23)11-19(18(21)24)8-4-3-5-9-19/h6-7,10H,3-5,8-9,11-12H2,1-2H3,(H,20,22). The highest BCUT2D eigenvalue weighted by molar-refractivity contribution is 6.09. The number of rotatable bonds is 4. The number of likely N-dealkylation sites (tertiary alicyclic amines) is 1. The summed E-state index contributed by atoms with van der Waals surface area (Å²) in [4.78, 5) is 38.6. The van der Waals surface area contributed by atoms with Gasteiger partial charge in [0.05, 0.1) is 18.2 Å². The fourth-order valence-corrected chi connectivity index (χ4v) is 3.89. The Hall–Kier alpha value is -2.37. The monoisotopic (exact) mass is 344 g/mol. The Bertz CT molecular complexity index is 707. The molecule has 0 radical (unpaired) electrons. The highest BCUT2D eigenvalue weighted by Crippen LogP contribution is 2.45. The van der Waals surface area contributed by atoms with E-state index in [0.29, 0.717) is 11.4 Å². The van der Waals surface area contributed by atoms with Crippen LogP contribution in [0.25, 0.3) is 0 Å². The number of methoxy groups -OCH3 is 1. The molecule has 1 aromatic rings. The van der Waals surface area contributed by atoms with Gasteiger partial charge in [-0.3, -0.25) is 19.3 Å². The minimum atomic E-state index is -0.559. The zero-order valence-corrected chi connectivity index (χ0v) is 14.8. The second-order valence-electron chi connectivity index (χ2n) is 7.05. The van der Waals surface area contributed by atoms with Gasteiger partial charge in [-0.2, -0.15) is 0 Å². The number of aryl methyl sites for hydroxylation is 1. The van der Waals surface area contributed by atoms with Crippen molar-refractivity contribution in [2.45, 2.75) is 45.4 Å².